The van der Waals surface area contributed by atoms with E-state index in [1.54, 1.807) is 43.6 Å². The van der Waals surface area contributed by atoms with Crippen LogP contribution in [0, 0.1) is 17.5 Å². The maximum absolute atomic E-state index is 14.0. The normalized spacial score (nSPS) is 15.0. The third kappa shape index (κ3) is 4.31. The van der Waals surface area contributed by atoms with Gasteiger partial charge in [-0.3, -0.25) is 4.79 Å². The summed E-state index contributed by atoms with van der Waals surface area (Å²) in [6.07, 6.45) is 1.63. The smallest absolute Gasteiger partial charge is 0.274 e. The van der Waals surface area contributed by atoms with Crippen LogP contribution in [0.15, 0.2) is 53.6 Å². The molecule has 0 aliphatic carbocycles. The highest BCUT2D eigenvalue weighted by molar-refractivity contribution is 7.89. The molecular formula is C21H19F3N4O4S. The fraction of sp³-hybridized carbons (Fsp3) is 0.238. The van der Waals surface area contributed by atoms with Crippen molar-refractivity contribution in [2.75, 3.05) is 33.3 Å². The van der Waals surface area contributed by atoms with Crippen molar-refractivity contribution < 1.29 is 31.1 Å². The van der Waals surface area contributed by atoms with Gasteiger partial charge in [0.05, 0.1) is 12.8 Å². The summed E-state index contributed by atoms with van der Waals surface area (Å²) in [6.45, 7) is -0.213. The number of aromatic nitrogens is 2. The fourth-order valence-electron chi connectivity index (χ4n) is 3.46. The predicted octanol–water partition coefficient (Wildman–Crippen LogP) is 2.44. The van der Waals surface area contributed by atoms with Crippen LogP contribution in [0.3, 0.4) is 0 Å². The molecule has 1 aliphatic rings. The molecule has 1 aromatic heterocycles. The Kier molecular flexibility index (Phi) is 6.13. The van der Waals surface area contributed by atoms with E-state index < -0.39 is 38.3 Å². The minimum absolute atomic E-state index is 0.0265. The third-order valence-corrected chi connectivity index (χ3v) is 7.20. The summed E-state index contributed by atoms with van der Waals surface area (Å²) in [6, 6.07) is 9.87. The summed E-state index contributed by atoms with van der Waals surface area (Å²) >= 11 is 0. The van der Waals surface area contributed by atoms with E-state index in [0.717, 1.165) is 9.99 Å². The van der Waals surface area contributed by atoms with Crippen LogP contribution in [-0.2, 0) is 10.0 Å². The van der Waals surface area contributed by atoms with Gasteiger partial charge in [0.2, 0.25) is 10.0 Å². The van der Waals surface area contributed by atoms with Crippen LogP contribution in [0.2, 0.25) is 0 Å². The molecule has 0 bridgehead atoms. The Morgan fingerprint density at radius 1 is 0.939 bits per heavy atom. The summed E-state index contributed by atoms with van der Waals surface area (Å²) in [4.78, 5) is 13.3. The molecule has 33 heavy (non-hydrogen) atoms. The summed E-state index contributed by atoms with van der Waals surface area (Å²) in [5.74, 6) is -4.80. The van der Waals surface area contributed by atoms with E-state index in [-0.39, 0.29) is 31.9 Å². The molecule has 3 aromatic rings. The molecule has 12 heteroatoms. The molecule has 1 amide bonds. The highest BCUT2D eigenvalue weighted by atomic mass is 32.2. The first-order valence-electron chi connectivity index (χ1n) is 9.85. The molecule has 2 heterocycles. The number of hydrogen-bond donors (Lipinski definition) is 0. The second-order valence-electron chi connectivity index (χ2n) is 7.21. The third-order valence-electron chi connectivity index (χ3n) is 5.29. The van der Waals surface area contributed by atoms with E-state index in [2.05, 4.69) is 5.10 Å². The predicted molar refractivity (Wildman–Crippen MR) is 111 cm³/mol. The molecule has 0 unspecified atom stereocenters. The second kappa shape index (κ2) is 8.87. The summed E-state index contributed by atoms with van der Waals surface area (Å²) in [5.41, 5.74) is 0.896. The number of piperazine rings is 1. The van der Waals surface area contributed by atoms with Crippen molar-refractivity contribution >= 4 is 15.9 Å². The van der Waals surface area contributed by atoms with Crippen LogP contribution in [-0.4, -0.2) is 66.6 Å². The first-order valence-corrected chi connectivity index (χ1v) is 11.3. The molecule has 8 nitrogen and oxygen atoms in total. The minimum Gasteiger partial charge on any atom is -0.497 e. The number of nitrogens with zero attached hydrogens (tertiary/aromatic N) is 4. The Balaban J connectivity index is 1.44. The minimum atomic E-state index is -4.40. The number of ether oxygens (including phenoxy) is 1. The number of methoxy groups -OCH3 is 1. The molecule has 4 rings (SSSR count). The van der Waals surface area contributed by atoms with Crippen molar-refractivity contribution in [2.45, 2.75) is 4.90 Å². The van der Waals surface area contributed by atoms with E-state index >= 15 is 0 Å². The van der Waals surface area contributed by atoms with E-state index in [0.29, 0.717) is 17.9 Å². The Morgan fingerprint density at radius 3 is 2.24 bits per heavy atom. The molecule has 0 radical (unpaired) electrons. The van der Waals surface area contributed by atoms with Gasteiger partial charge in [0.15, 0.2) is 23.1 Å². The van der Waals surface area contributed by atoms with Gasteiger partial charge in [-0.05, 0) is 42.5 Å². The van der Waals surface area contributed by atoms with E-state index in [4.69, 9.17) is 4.74 Å². The number of hydrogen-bond acceptors (Lipinski definition) is 5. The molecule has 0 spiro atoms. The maximum Gasteiger partial charge on any atom is 0.274 e. The number of carbonyl (C=O) groups excluding carboxylic acids is 1. The fourth-order valence-corrected chi connectivity index (χ4v) is 4.94. The van der Waals surface area contributed by atoms with Crippen LogP contribution in [0.5, 0.6) is 5.75 Å². The highest BCUT2D eigenvalue weighted by Gasteiger charge is 2.34. The second-order valence-corrected chi connectivity index (χ2v) is 9.12. The first-order chi connectivity index (χ1) is 15.7. The molecule has 174 valence electrons. The van der Waals surface area contributed by atoms with Crippen LogP contribution in [0.25, 0.3) is 5.69 Å². The summed E-state index contributed by atoms with van der Waals surface area (Å²) < 4.78 is 73.6. The van der Waals surface area contributed by atoms with Crippen molar-refractivity contribution in [3.63, 3.8) is 0 Å². The average molecular weight is 480 g/mol. The standard InChI is InChI=1S/C21H19F3N4O4S/c1-32-15-4-2-14(3-5-15)28-9-8-17(25-28)21(29)26-10-12-27(13-11-26)33(30,31)18-7-6-16(22)19(23)20(18)24/h2-9H,10-13H2,1H3. The Morgan fingerprint density at radius 2 is 1.61 bits per heavy atom. The molecule has 1 fully saturated rings. The van der Waals surface area contributed by atoms with Gasteiger partial charge in [-0.25, -0.2) is 26.3 Å². The lowest BCUT2D eigenvalue weighted by Gasteiger charge is -2.33. The van der Waals surface area contributed by atoms with Crippen LogP contribution in [0.4, 0.5) is 13.2 Å². The molecule has 1 aliphatic heterocycles. The lowest BCUT2D eigenvalue weighted by atomic mass is 10.3. The monoisotopic (exact) mass is 480 g/mol. The van der Waals surface area contributed by atoms with E-state index in [1.807, 2.05) is 0 Å². The number of benzene rings is 2. The van der Waals surface area contributed by atoms with Crippen molar-refractivity contribution in [1.29, 1.82) is 0 Å². The number of rotatable bonds is 5. The van der Waals surface area contributed by atoms with Gasteiger partial charge in [-0.2, -0.15) is 9.40 Å². The molecular weight excluding hydrogens is 461 g/mol. The largest absolute Gasteiger partial charge is 0.497 e. The van der Waals surface area contributed by atoms with Crippen molar-refractivity contribution in [3.05, 3.63) is 71.8 Å². The molecule has 1 saturated heterocycles. The van der Waals surface area contributed by atoms with Crippen LogP contribution < -0.4 is 4.74 Å². The van der Waals surface area contributed by atoms with Crippen molar-refractivity contribution in [2.24, 2.45) is 0 Å². The van der Waals surface area contributed by atoms with E-state index in [1.165, 1.54) is 9.58 Å². The van der Waals surface area contributed by atoms with Gasteiger partial charge in [-0.1, -0.05) is 0 Å². The zero-order chi connectivity index (χ0) is 23.8. The first kappa shape index (κ1) is 22.8. The van der Waals surface area contributed by atoms with E-state index in [9.17, 15) is 26.4 Å². The highest BCUT2D eigenvalue weighted by Crippen LogP contribution is 2.24. The SMILES string of the molecule is COc1ccc(-n2ccc(C(=O)N3CCN(S(=O)(=O)c4ccc(F)c(F)c4F)CC3)n2)cc1. The zero-order valence-electron chi connectivity index (χ0n) is 17.4. The van der Waals surface area contributed by atoms with Gasteiger partial charge in [0.1, 0.15) is 10.6 Å². The van der Waals surface area contributed by atoms with Gasteiger partial charge >= 0.3 is 0 Å². The number of halogens is 3. The quantitative estimate of drug-likeness (QED) is 0.524. The van der Waals surface area contributed by atoms with Gasteiger partial charge < -0.3 is 9.64 Å². The molecule has 0 saturated carbocycles. The molecule has 0 atom stereocenters. The van der Waals surface area contributed by atoms with Gasteiger partial charge in [-0.15, -0.1) is 0 Å². The number of sulfonamides is 1. The zero-order valence-corrected chi connectivity index (χ0v) is 18.2. The summed E-state index contributed by atoms with van der Waals surface area (Å²) in [7, 11) is -2.85. The molecule has 0 N–H and O–H groups in total. The number of amides is 1. The van der Waals surface area contributed by atoms with Crippen LogP contribution >= 0.6 is 0 Å². The van der Waals surface area contributed by atoms with Crippen molar-refractivity contribution in [1.82, 2.24) is 19.0 Å². The summed E-state index contributed by atoms with van der Waals surface area (Å²) in [5, 5.41) is 4.28. The maximum atomic E-state index is 14.0. The Hall–Kier alpha value is -3.38. The van der Waals surface area contributed by atoms with Crippen LogP contribution in [0.1, 0.15) is 10.5 Å². The van der Waals surface area contributed by atoms with Gasteiger partial charge in [0.25, 0.3) is 5.91 Å². The Bertz CT molecular complexity index is 1290. The molecule has 2 aromatic carbocycles. The number of carbonyl (C=O) groups is 1. The lowest BCUT2D eigenvalue weighted by molar-refractivity contribution is 0.0691. The topological polar surface area (TPSA) is 84.7 Å². The van der Waals surface area contributed by atoms with Crippen molar-refractivity contribution in [3.8, 4) is 11.4 Å². The lowest BCUT2D eigenvalue weighted by Crippen LogP contribution is -2.50. The Labute approximate surface area is 187 Å². The average Bonchev–Trinajstić information content (AvgIpc) is 3.32. The van der Waals surface area contributed by atoms with Gasteiger partial charge in [0, 0.05) is 32.4 Å².